The van der Waals surface area contributed by atoms with Crippen molar-refractivity contribution >= 4 is 25.6 Å². The first-order valence-electron chi connectivity index (χ1n) is 6.35. The average molecular weight is 320 g/mol. The summed E-state index contributed by atoms with van der Waals surface area (Å²) in [6.45, 7) is 3.28. The zero-order valence-electron chi connectivity index (χ0n) is 11.0. The Morgan fingerprint density at radius 2 is 2.15 bits per heavy atom. The number of halogens is 2. The second kappa shape index (κ2) is 5.69. The smallest absolute Gasteiger partial charge is 0.261 e. The number of likely N-dealkylation sites (tertiary alicyclic amines) is 1. The van der Waals surface area contributed by atoms with E-state index in [1.807, 2.05) is 0 Å². The first kappa shape index (κ1) is 15.3. The standard InChI is InChI=1S/C13H15ClFNO3S/c1-2-9-3-4-16(8-9)13(17)10-5-11(15)7-12(6-10)20(14,18)19/h5-7,9H,2-4,8H2,1H3. The minimum atomic E-state index is -4.06. The molecule has 0 spiro atoms. The summed E-state index contributed by atoms with van der Waals surface area (Å²) in [5.41, 5.74) is 0.0148. The molecule has 2 rings (SSSR count). The number of rotatable bonds is 3. The SMILES string of the molecule is CCC1CCN(C(=O)c2cc(F)cc(S(=O)(=O)Cl)c2)C1. The van der Waals surface area contributed by atoms with E-state index in [2.05, 4.69) is 6.92 Å². The predicted octanol–water partition coefficient (Wildman–Crippen LogP) is 2.63. The first-order chi connectivity index (χ1) is 9.31. The van der Waals surface area contributed by atoms with Gasteiger partial charge in [-0.25, -0.2) is 12.8 Å². The van der Waals surface area contributed by atoms with Gasteiger partial charge in [-0.05, 0) is 30.5 Å². The molecule has 1 saturated heterocycles. The van der Waals surface area contributed by atoms with Crippen LogP contribution in [0, 0.1) is 11.7 Å². The number of carbonyl (C=O) groups excluding carboxylic acids is 1. The van der Waals surface area contributed by atoms with Gasteiger partial charge in [-0.1, -0.05) is 13.3 Å². The molecule has 4 nitrogen and oxygen atoms in total. The highest BCUT2D eigenvalue weighted by Crippen LogP contribution is 2.23. The Morgan fingerprint density at radius 1 is 1.45 bits per heavy atom. The molecule has 110 valence electrons. The van der Waals surface area contributed by atoms with Crippen molar-refractivity contribution in [1.29, 1.82) is 0 Å². The lowest BCUT2D eigenvalue weighted by atomic mass is 10.1. The highest BCUT2D eigenvalue weighted by atomic mass is 35.7. The molecule has 1 aliphatic rings. The van der Waals surface area contributed by atoms with Crippen molar-refractivity contribution in [3.63, 3.8) is 0 Å². The van der Waals surface area contributed by atoms with Crippen molar-refractivity contribution in [3.05, 3.63) is 29.6 Å². The topological polar surface area (TPSA) is 54.5 Å². The van der Waals surface area contributed by atoms with Crippen molar-refractivity contribution < 1.29 is 17.6 Å². The molecule has 1 heterocycles. The van der Waals surface area contributed by atoms with Gasteiger partial charge < -0.3 is 4.90 Å². The second-order valence-corrected chi connectivity index (χ2v) is 7.49. The van der Waals surface area contributed by atoms with Crippen molar-refractivity contribution in [1.82, 2.24) is 4.90 Å². The van der Waals surface area contributed by atoms with Crippen LogP contribution in [0.25, 0.3) is 0 Å². The van der Waals surface area contributed by atoms with Gasteiger partial charge >= 0.3 is 0 Å². The van der Waals surface area contributed by atoms with Crippen LogP contribution in [0.2, 0.25) is 0 Å². The summed E-state index contributed by atoms with van der Waals surface area (Å²) >= 11 is 0. The monoisotopic (exact) mass is 319 g/mol. The summed E-state index contributed by atoms with van der Waals surface area (Å²) in [4.78, 5) is 13.5. The van der Waals surface area contributed by atoms with Crippen LogP contribution in [-0.4, -0.2) is 32.3 Å². The van der Waals surface area contributed by atoms with Crippen LogP contribution < -0.4 is 0 Å². The summed E-state index contributed by atoms with van der Waals surface area (Å²) in [6.07, 6.45) is 1.90. The molecule has 0 aliphatic carbocycles. The molecule has 1 aromatic carbocycles. The van der Waals surface area contributed by atoms with Crippen LogP contribution in [0.15, 0.2) is 23.1 Å². The molecule has 0 radical (unpaired) electrons. The molecular weight excluding hydrogens is 305 g/mol. The molecule has 0 N–H and O–H groups in total. The van der Waals surface area contributed by atoms with E-state index in [0.29, 0.717) is 19.0 Å². The van der Waals surface area contributed by atoms with Gasteiger partial charge in [0.1, 0.15) is 5.82 Å². The molecule has 1 amide bonds. The predicted molar refractivity (Wildman–Crippen MR) is 73.7 cm³/mol. The van der Waals surface area contributed by atoms with Gasteiger partial charge in [0.05, 0.1) is 4.90 Å². The van der Waals surface area contributed by atoms with Gasteiger partial charge in [0.15, 0.2) is 0 Å². The van der Waals surface area contributed by atoms with Gasteiger partial charge in [-0.15, -0.1) is 0 Å². The zero-order chi connectivity index (χ0) is 14.9. The summed E-state index contributed by atoms with van der Waals surface area (Å²) in [5, 5.41) is 0. The summed E-state index contributed by atoms with van der Waals surface area (Å²) in [7, 11) is 1.13. The van der Waals surface area contributed by atoms with E-state index < -0.39 is 19.8 Å². The Balaban J connectivity index is 2.29. The highest BCUT2D eigenvalue weighted by Gasteiger charge is 2.27. The molecule has 1 aromatic rings. The summed E-state index contributed by atoms with van der Waals surface area (Å²) in [5.74, 6) is -0.702. The van der Waals surface area contributed by atoms with Crippen LogP contribution in [-0.2, 0) is 9.05 Å². The Kier molecular flexibility index (Phi) is 4.34. The zero-order valence-corrected chi connectivity index (χ0v) is 12.5. The van der Waals surface area contributed by atoms with Gasteiger partial charge in [-0.2, -0.15) is 0 Å². The number of carbonyl (C=O) groups is 1. The van der Waals surface area contributed by atoms with E-state index >= 15 is 0 Å². The lowest BCUT2D eigenvalue weighted by Gasteiger charge is -2.16. The normalized spacial score (nSPS) is 19.4. The minimum Gasteiger partial charge on any atom is -0.338 e. The summed E-state index contributed by atoms with van der Waals surface area (Å²) < 4.78 is 36.0. The lowest BCUT2D eigenvalue weighted by molar-refractivity contribution is 0.0786. The number of benzene rings is 1. The Hall–Kier alpha value is -1.14. The van der Waals surface area contributed by atoms with Gasteiger partial charge in [0, 0.05) is 29.3 Å². The fourth-order valence-electron chi connectivity index (χ4n) is 2.36. The van der Waals surface area contributed by atoms with E-state index in [9.17, 15) is 17.6 Å². The fourth-order valence-corrected chi connectivity index (χ4v) is 3.15. The average Bonchev–Trinajstić information content (AvgIpc) is 2.84. The van der Waals surface area contributed by atoms with E-state index in [-0.39, 0.29) is 11.5 Å². The summed E-state index contributed by atoms with van der Waals surface area (Å²) in [6, 6.07) is 2.96. The third kappa shape index (κ3) is 3.30. The Labute approximate surface area is 121 Å². The quantitative estimate of drug-likeness (QED) is 0.805. The molecule has 1 fully saturated rings. The van der Waals surface area contributed by atoms with E-state index in [4.69, 9.17) is 10.7 Å². The van der Waals surface area contributed by atoms with Crippen LogP contribution in [0.3, 0.4) is 0 Å². The molecule has 7 heteroatoms. The van der Waals surface area contributed by atoms with Crippen LogP contribution >= 0.6 is 10.7 Å². The Morgan fingerprint density at radius 3 is 2.70 bits per heavy atom. The van der Waals surface area contributed by atoms with Crippen LogP contribution in [0.1, 0.15) is 30.1 Å². The third-order valence-corrected chi connectivity index (χ3v) is 4.88. The first-order valence-corrected chi connectivity index (χ1v) is 8.66. The number of hydrogen-bond donors (Lipinski definition) is 0. The second-order valence-electron chi connectivity index (χ2n) is 4.93. The van der Waals surface area contributed by atoms with Gasteiger partial charge in [-0.3, -0.25) is 4.79 Å². The molecule has 0 saturated carbocycles. The highest BCUT2D eigenvalue weighted by molar-refractivity contribution is 8.13. The molecule has 1 aliphatic heterocycles. The molecular formula is C13H15ClFNO3S. The molecule has 1 atom stereocenters. The van der Waals surface area contributed by atoms with Crippen molar-refractivity contribution in [2.45, 2.75) is 24.7 Å². The van der Waals surface area contributed by atoms with Crippen LogP contribution in [0.4, 0.5) is 4.39 Å². The van der Waals surface area contributed by atoms with Crippen molar-refractivity contribution in [2.24, 2.45) is 5.92 Å². The van der Waals surface area contributed by atoms with Gasteiger partial charge in [0.2, 0.25) is 0 Å². The molecule has 0 aromatic heterocycles. The van der Waals surface area contributed by atoms with E-state index in [1.165, 1.54) is 0 Å². The van der Waals surface area contributed by atoms with Crippen molar-refractivity contribution in [3.8, 4) is 0 Å². The maximum absolute atomic E-state index is 13.5. The molecule has 1 unspecified atom stereocenters. The van der Waals surface area contributed by atoms with E-state index in [1.54, 1.807) is 4.90 Å². The van der Waals surface area contributed by atoms with Crippen molar-refractivity contribution in [2.75, 3.05) is 13.1 Å². The molecule has 20 heavy (non-hydrogen) atoms. The molecule has 0 bridgehead atoms. The minimum absolute atomic E-state index is 0.0148. The third-order valence-electron chi connectivity index (χ3n) is 3.55. The maximum Gasteiger partial charge on any atom is 0.261 e. The van der Waals surface area contributed by atoms with E-state index in [0.717, 1.165) is 31.0 Å². The fraction of sp³-hybridized carbons (Fsp3) is 0.462. The number of hydrogen-bond acceptors (Lipinski definition) is 3. The number of amides is 1. The van der Waals surface area contributed by atoms with Gasteiger partial charge in [0.25, 0.3) is 15.0 Å². The largest absolute Gasteiger partial charge is 0.338 e. The lowest BCUT2D eigenvalue weighted by Crippen LogP contribution is -2.28. The maximum atomic E-state index is 13.5. The number of nitrogens with zero attached hydrogens (tertiary/aromatic N) is 1. The Bertz CT molecular complexity index is 633. The van der Waals surface area contributed by atoms with Crippen LogP contribution in [0.5, 0.6) is 0 Å².